The molecule has 1 atom stereocenters. The summed E-state index contributed by atoms with van der Waals surface area (Å²) >= 11 is 5.98. The van der Waals surface area contributed by atoms with E-state index in [2.05, 4.69) is 27.2 Å². The molecule has 0 radical (unpaired) electrons. The minimum atomic E-state index is -0.689. The first-order valence-electron chi connectivity index (χ1n) is 13.8. The van der Waals surface area contributed by atoms with Crippen LogP contribution in [0.2, 0.25) is 5.15 Å². The molecule has 40 heavy (non-hydrogen) atoms. The van der Waals surface area contributed by atoms with Crippen molar-refractivity contribution in [3.63, 3.8) is 0 Å². The van der Waals surface area contributed by atoms with E-state index < -0.39 is 11.6 Å². The molecule has 0 aliphatic heterocycles. The summed E-state index contributed by atoms with van der Waals surface area (Å²) in [6.07, 6.45) is 7.47. The van der Waals surface area contributed by atoms with Gasteiger partial charge in [0.25, 0.3) is 0 Å². The summed E-state index contributed by atoms with van der Waals surface area (Å²) in [5, 5.41) is 2.84. The molecular weight excluding hydrogens is 543 g/mol. The fourth-order valence-electron chi connectivity index (χ4n) is 3.23. The van der Waals surface area contributed by atoms with E-state index in [9.17, 15) is 18.0 Å². The van der Waals surface area contributed by atoms with Crippen molar-refractivity contribution < 1.29 is 22.7 Å². The first-order chi connectivity index (χ1) is 18.9. The number of rotatable bonds is 9. The molecule has 0 aromatic carbocycles. The minimum absolute atomic E-state index is 0.0503. The van der Waals surface area contributed by atoms with Crippen molar-refractivity contribution in [1.82, 2.24) is 19.4 Å². The Morgan fingerprint density at radius 3 is 2.27 bits per heavy atom. The average molecular weight is 588 g/mol. The fourth-order valence-corrected chi connectivity index (χ4v) is 3.40. The number of ether oxygens (including phenoxy) is 1. The molecule has 0 amide bonds. The van der Waals surface area contributed by atoms with E-state index in [1.165, 1.54) is 36.7 Å². The number of alkyl halides is 1. The normalized spacial score (nSPS) is 11.2. The molecule has 3 rings (SSSR count). The van der Waals surface area contributed by atoms with Gasteiger partial charge in [0.2, 0.25) is 5.82 Å². The number of hydrogen-bond donors (Lipinski definition) is 1. The van der Waals surface area contributed by atoms with Crippen molar-refractivity contribution in [2.75, 3.05) is 12.0 Å². The number of hydrogen-bond acceptors (Lipinski definition) is 6. The van der Waals surface area contributed by atoms with Gasteiger partial charge in [-0.2, -0.15) is 4.39 Å². The Kier molecular flexibility index (Phi) is 17.9. The molecule has 0 fully saturated rings. The van der Waals surface area contributed by atoms with Crippen LogP contribution >= 0.6 is 11.6 Å². The molecule has 3 aromatic rings. The Labute approximate surface area is 241 Å². The number of carbonyl (C=O) groups excluding carboxylic acids is 1. The highest BCUT2D eigenvalue weighted by Gasteiger charge is 2.19. The zero-order chi connectivity index (χ0) is 30.9. The molecular formula is C29H45ClF3N5O2. The first-order valence-corrected chi connectivity index (χ1v) is 14.2. The third-order valence-electron chi connectivity index (χ3n) is 5.52. The molecule has 0 aliphatic carbocycles. The average Bonchev–Trinajstić information content (AvgIpc) is 3.33. The Morgan fingerprint density at radius 1 is 1.15 bits per heavy atom. The summed E-state index contributed by atoms with van der Waals surface area (Å²) in [7, 11) is 0. The highest BCUT2D eigenvalue weighted by molar-refractivity contribution is 6.29. The number of fused-ring (bicyclic) bond motifs is 1. The number of nitrogens with zero attached hydrogens (tertiary/aromatic N) is 4. The lowest BCUT2D eigenvalue weighted by Gasteiger charge is -2.21. The molecule has 0 aliphatic rings. The van der Waals surface area contributed by atoms with Crippen LogP contribution in [0.25, 0.3) is 17.2 Å². The number of nitrogens with one attached hydrogen (secondary N) is 1. The Bertz CT molecular complexity index is 1160. The van der Waals surface area contributed by atoms with Crippen LogP contribution in [-0.2, 0) is 9.53 Å². The van der Waals surface area contributed by atoms with Crippen molar-refractivity contribution in [1.29, 1.82) is 0 Å². The van der Waals surface area contributed by atoms with E-state index in [1.807, 2.05) is 41.5 Å². The SMILES string of the molecule is CC.CCC(C)(C)OC(C)=O.CCCCC(CC)Nc1nc(-c2cnc3ccc(F)cn23)nc(Cl)c1F.CCF. The predicted molar refractivity (Wildman–Crippen MR) is 158 cm³/mol. The summed E-state index contributed by atoms with van der Waals surface area (Å²) in [6.45, 7) is 16.6. The van der Waals surface area contributed by atoms with E-state index in [4.69, 9.17) is 16.3 Å². The van der Waals surface area contributed by atoms with Crippen LogP contribution in [-0.4, -0.2) is 43.6 Å². The van der Waals surface area contributed by atoms with Crippen LogP contribution in [0, 0.1) is 11.6 Å². The maximum absolute atomic E-state index is 14.4. The van der Waals surface area contributed by atoms with Gasteiger partial charge in [0, 0.05) is 19.2 Å². The number of halogens is 4. The summed E-state index contributed by atoms with van der Waals surface area (Å²) < 4.78 is 44.7. The number of anilines is 1. The quantitative estimate of drug-likeness (QED) is 0.199. The standard InChI is InChI=1S/C18H20ClF2N5.C7H14O2.C2H5F.C2H6/c1-3-5-6-12(4-2)23-18-15(21)16(19)24-17(25-18)13-9-22-14-8-7-11(20)10-26(13)14;1-5-7(3,4)9-6(2)8;1-2-3;1-2/h7-10,12H,3-6H2,1-2H3,(H,23,24,25);5H2,1-4H3;2H2,1H3;1-2H3. The number of pyridine rings is 1. The third-order valence-corrected chi connectivity index (χ3v) is 5.77. The smallest absolute Gasteiger partial charge is 0.303 e. The van der Waals surface area contributed by atoms with Gasteiger partial charge < -0.3 is 10.1 Å². The van der Waals surface area contributed by atoms with Crippen LogP contribution < -0.4 is 5.32 Å². The van der Waals surface area contributed by atoms with Crippen molar-refractivity contribution >= 4 is 29.0 Å². The second kappa shape index (κ2) is 19.2. The van der Waals surface area contributed by atoms with Crippen molar-refractivity contribution in [3.8, 4) is 11.5 Å². The van der Waals surface area contributed by atoms with Crippen LogP contribution in [0.3, 0.4) is 0 Å². The van der Waals surface area contributed by atoms with Gasteiger partial charge in [0.05, 0.1) is 12.9 Å². The van der Waals surface area contributed by atoms with Crippen molar-refractivity contribution in [3.05, 3.63) is 41.3 Å². The van der Waals surface area contributed by atoms with E-state index in [1.54, 1.807) is 6.07 Å². The molecule has 11 heteroatoms. The second-order valence-corrected chi connectivity index (χ2v) is 9.44. The van der Waals surface area contributed by atoms with E-state index >= 15 is 0 Å². The van der Waals surface area contributed by atoms with Gasteiger partial charge in [0.15, 0.2) is 16.8 Å². The fraction of sp³-hybridized carbons (Fsp3) is 0.586. The molecule has 0 bridgehead atoms. The molecule has 0 saturated carbocycles. The molecule has 3 heterocycles. The third kappa shape index (κ3) is 12.5. The Balaban J connectivity index is 0.000000912. The Hall–Kier alpha value is -2.88. The van der Waals surface area contributed by atoms with Crippen molar-refractivity contribution in [2.45, 2.75) is 106 Å². The molecule has 3 aromatic heterocycles. The molecule has 0 spiro atoms. The highest BCUT2D eigenvalue weighted by atomic mass is 35.5. The highest BCUT2D eigenvalue weighted by Crippen LogP contribution is 2.26. The molecule has 7 nitrogen and oxygen atoms in total. The van der Waals surface area contributed by atoms with Crippen LogP contribution in [0.1, 0.15) is 94.4 Å². The number of esters is 1. The van der Waals surface area contributed by atoms with Gasteiger partial charge in [-0.3, -0.25) is 13.6 Å². The van der Waals surface area contributed by atoms with E-state index in [0.29, 0.717) is 11.3 Å². The molecule has 226 valence electrons. The summed E-state index contributed by atoms with van der Waals surface area (Å²) in [4.78, 5) is 22.9. The van der Waals surface area contributed by atoms with E-state index in [0.717, 1.165) is 32.1 Å². The topological polar surface area (TPSA) is 81.4 Å². The summed E-state index contributed by atoms with van der Waals surface area (Å²) in [5.41, 5.74) is 0.687. The van der Waals surface area contributed by atoms with Gasteiger partial charge in [0.1, 0.15) is 22.8 Å². The van der Waals surface area contributed by atoms with Crippen LogP contribution in [0.4, 0.5) is 19.0 Å². The van der Waals surface area contributed by atoms with Gasteiger partial charge in [-0.15, -0.1) is 0 Å². The molecule has 1 N–H and O–H groups in total. The largest absolute Gasteiger partial charge is 0.460 e. The summed E-state index contributed by atoms with van der Waals surface area (Å²) in [6, 6.07) is 2.95. The predicted octanol–water partition coefficient (Wildman–Crippen LogP) is 8.84. The maximum atomic E-state index is 14.4. The minimum Gasteiger partial charge on any atom is -0.460 e. The lowest BCUT2D eigenvalue weighted by atomic mass is 10.1. The molecule has 1 unspecified atom stereocenters. The lowest BCUT2D eigenvalue weighted by molar-refractivity contribution is -0.153. The lowest BCUT2D eigenvalue weighted by Crippen LogP contribution is -2.25. The number of carbonyl (C=O) groups is 1. The Morgan fingerprint density at radius 2 is 1.77 bits per heavy atom. The second-order valence-electron chi connectivity index (χ2n) is 9.09. The van der Waals surface area contributed by atoms with E-state index in [-0.39, 0.29) is 41.1 Å². The maximum Gasteiger partial charge on any atom is 0.303 e. The molecule has 0 saturated heterocycles. The van der Waals surface area contributed by atoms with Crippen LogP contribution in [0.5, 0.6) is 0 Å². The van der Waals surface area contributed by atoms with Gasteiger partial charge in [-0.25, -0.2) is 19.3 Å². The first kappa shape index (κ1) is 37.1. The van der Waals surface area contributed by atoms with Gasteiger partial charge >= 0.3 is 5.97 Å². The van der Waals surface area contributed by atoms with Gasteiger partial charge in [-0.1, -0.05) is 59.1 Å². The van der Waals surface area contributed by atoms with Crippen molar-refractivity contribution in [2.24, 2.45) is 0 Å². The number of imidazole rings is 1. The zero-order valence-corrected chi connectivity index (χ0v) is 26.0. The summed E-state index contributed by atoms with van der Waals surface area (Å²) in [5.74, 6) is -1.09. The monoisotopic (exact) mass is 587 g/mol. The van der Waals surface area contributed by atoms with Gasteiger partial charge in [-0.05, 0) is 52.2 Å². The number of aromatic nitrogens is 4. The number of unbranched alkanes of at least 4 members (excludes halogenated alkanes) is 1. The zero-order valence-electron chi connectivity index (χ0n) is 25.2. The van der Waals surface area contributed by atoms with Crippen LogP contribution in [0.15, 0.2) is 24.5 Å².